The highest BCUT2D eigenvalue weighted by Gasteiger charge is 2.69. The number of hydrogen-bond donors (Lipinski definition) is 4. The lowest BCUT2D eigenvalue weighted by Gasteiger charge is -2.52. The molecule has 0 aliphatic heterocycles. The van der Waals surface area contributed by atoms with Crippen molar-refractivity contribution in [3.8, 4) is 5.75 Å². The van der Waals surface area contributed by atoms with Crippen molar-refractivity contribution in [2.24, 2.45) is 36.5 Å². The number of aliphatic hydroxyl groups is 1. The molecule has 59 heavy (non-hydrogen) atoms. The molecule has 2 fully saturated rings. The summed E-state index contributed by atoms with van der Waals surface area (Å²) in [5, 5.41) is 26.7. The molecule has 3 aliphatic rings. The van der Waals surface area contributed by atoms with Crippen molar-refractivity contribution in [1.29, 1.82) is 0 Å². The standard InChI is InChI=1S/C41H48N6O12/c1-40(2,3)47(39(56)59-18-58-38(55)22-16-46(8)25-12-10-9-11-20(22)25)17-27(48)43-24-15-26(44(4)5)21-13-19-14-23-31(45(6)7)34(51)30(37(42)54)36(53)41(23,57)35(52)28(19)33(50)29(21)32(24)49/h9-12,15-16,19,23,28,30-31,49,57H,13-14,17-18H2,1-8H3,(H2,42,54)(H,43,48)/t19-,23-,28?,30?,31-,41-/m0/s1. The predicted molar refractivity (Wildman–Crippen MR) is 210 cm³/mol. The van der Waals surface area contributed by atoms with Crippen LogP contribution in [0.5, 0.6) is 5.75 Å². The number of nitrogens with two attached hydrogens (primary N) is 1. The number of phenols is 1. The van der Waals surface area contributed by atoms with E-state index in [9.17, 15) is 48.6 Å². The van der Waals surface area contributed by atoms with E-state index in [4.69, 9.17) is 15.2 Å². The number of benzene rings is 2. The number of aromatic hydroxyl groups is 1. The zero-order valence-corrected chi connectivity index (χ0v) is 34.0. The number of nitrogens with one attached hydrogen (secondary N) is 1. The molecule has 6 atom stereocenters. The number of aryl methyl sites for hydroxylation is 1. The number of aromatic nitrogens is 1. The van der Waals surface area contributed by atoms with E-state index in [-0.39, 0.29) is 29.7 Å². The number of rotatable bonds is 9. The molecule has 18 nitrogen and oxygen atoms in total. The van der Waals surface area contributed by atoms with E-state index in [1.54, 1.807) is 69.7 Å². The quantitative estimate of drug-likeness (QED) is 0.103. The van der Waals surface area contributed by atoms with Gasteiger partial charge in [0.2, 0.25) is 18.6 Å². The minimum absolute atomic E-state index is 0.00977. The Balaban J connectivity index is 1.23. The smallest absolute Gasteiger partial charge is 0.413 e. The second-order valence-electron chi connectivity index (χ2n) is 16.8. The Kier molecular flexibility index (Phi) is 11.0. The van der Waals surface area contributed by atoms with Gasteiger partial charge in [-0.2, -0.15) is 0 Å². The number of amides is 3. The second-order valence-corrected chi connectivity index (χ2v) is 16.8. The number of nitrogens with zero attached hydrogens (tertiary/aromatic N) is 4. The average Bonchev–Trinajstić information content (AvgIpc) is 3.48. The van der Waals surface area contributed by atoms with Gasteiger partial charge >= 0.3 is 12.1 Å². The summed E-state index contributed by atoms with van der Waals surface area (Å²) < 4.78 is 12.2. The van der Waals surface area contributed by atoms with Crippen LogP contribution in [0.25, 0.3) is 10.9 Å². The lowest BCUT2D eigenvalue weighted by atomic mass is 9.52. The van der Waals surface area contributed by atoms with Crippen molar-refractivity contribution < 1.29 is 58.0 Å². The van der Waals surface area contributed by atoms with Crippen molar-refractivity contribution in [2.75, 3.05) is 51.7 Å². The summed E-state index contributed by atoms with van der Waals surface area (Å²) in [6, 6.07) is 7.38. The number of Topliss-reactive ketones (excluding diaryl/α,β-unsaturated/α-hetero) is 4. The number of carbonyl (C=O) groups excluding carboxylic acids is 8. The number of ether oxygens (including phenoxy) is 2. The van der Waals surface area contributed by atoms with E-state index in [0.29, 0.717) is 16.6 Å². The summed E-state index contributed by atoms with van der Waals surface area (Å²) in [6.07, 6.45) is 0.481. The molecule has 3 aliphatic carbocycles. The van der Waals surface area contributed by atoms with Gasteiger partial charge in [-0.3, -0.25) is 38.6 Å². The number of ketones is 4. The summed E-state index contributed by atoms with van der Waals surface area (Å²) in [5.41, 5.74) is 2.73. The van der Waals surface area contributed by atoms with Crippen LogP contribution in [-0.4, -0.2) is 130 Å². The molecule has 6 rings (SSSR count). The van der Waals surface area contributed by atoms with Crippen LogP contribution in [0.4, 0.5) is 16.2 Å². The van der Waals surface area contributed by atoms with Gasteiger partial charge in [-0.25, -0.2) is 9.59 Å². The highest BCUT2D eigenvalue weighted by Crippen LogP contribution is 2.52. The Morgan fingerprint density at radius 3 is 2.29 bits per heavy atom. The minimum Gasteiger partial charge on any atom is -0.505 e. The average molecular weight is 817 g/mol. The molecule has 5 N–H and O–H groups in total. The predicted octanol–water partition coefficient (Wildman–Crippen LogP) is 1.41. The molecule has 314 valence electrons. The first-order chi connectivity index (χ1) is 27.5. The molecule has 0 bridgehead atoms. The van der Waals surface area contributed by atoms with Crippen LogP contribution < -0.4 is 16.0 Å². The Bertz CT molecular complexity index is 2330. The summed E-state index contributed by atoms with van der Waals surface area (Å²) in [5.74, 6) is -13.8. The van der Waals surface area contributed by atoms with E-state index in [1.165, 1.54) is 25.1 Å². The molecule has 0 spiro atoms. The molecule has 3 aromatic rings. The molecule has 0 saturated heterocycles. The fourth-order valence-corrected chi connectivity index (χ4v) is 8.85. The normalized spacial score (nSPS) is 23.9. The van der Waals surface area contributed by atoms with E-state index in [0.717, 1.165) is 10.4 Å². The molecule has 1 aromatic heterocycles. The first-order valence-electron chi connectivity index (χ1n) is 18.9. The van der Waals surface area contributed by atoms with Gasteiger partial charge in [-0.1, -0.05) is 18.2 Å². The molecule has 2 unspecified atom stereocenters. The SMILES string of the molecule is CN(C)c1cc(NC(=O)CN(C(=O)OCOC(=O)c2cn(C)c3ccccc23)C(C)(C)C)c(O)c2c1C[C@H]1C[C@H]3[C@H](N(C)C)C(=O)C(C(N)=O)C(=O)[C@@]3(O)C(=O)C1C2=O. The molecule has 18 heteroatoms. The monoisotopic (exact) mass is 816 g/mol. The molecular formula is C41H48N6O12. The summed E-state index contributed by atoms with van der Waals surface area (Å²) in [4.78, 5) is 112. The van der Waals surface area contributed by atoms with Crippen LogP contribution in [0.3, 0.4) is 0 Å². The maximum absolute atomic E-state index is 14.4. The maximum Gasteiger partial charge on any atom is 0.413 e. The van der Waals surface area contributed by atoms with E-state index in [1.807, 2.05) is 12.1 Å². The number of phenolic OH excluding ortho intramolecular Hbond substituents is 1. The zero-order valence-electron chi connectivity index (χ0n) is 34.0. The van der Waals surface area contributed by atoms with E-state index < -0.39 is 107 Å². The third-order valence-electron chi connectivity index (χ3n) is 11.6. The Morgan fingerprint density at radius 2 is 1.68 bits per heavy atom. The number of hydrogen-bond acceptors (Lipinski definition) is 14. The van der Waals surface area contributed by atoms with Crippen LogP contribution >= 0.6 is 0 Å². The number of likely N-dealkylation sites (N-methyl/N-ethyl adjacent to an activating group) is 1. The van der Waals surface area contributed by atoms with Gasteiger partial charge in [0.05, 0.1) is 28.8 Å². The van der Waals surface area contributed by atoms with Crippen molar-refractivity contribution in [3.05, 3.63) is 53.2 Å². The summed E-state index contributed by atoms with van der Waals surface area (Å²) in [6.45, 7) is 3.54. The van der Waals surface area contributed by atoms with Crippen LogP contribution in [0.1, 0.15) is 53.5 Å². The van der Waals surface area contributed by atoms with Crippen LogP contribution in [0.2, 0.25) is 0 Å². The van der Waals surface area contributed by atoms with Gasteiger partial charge < -0.3 is 40.2 Å². The molecule has 2 aromatic carbocycles. The summed E-state index contributed by atoms with van der Waals surface area (Å²) >= 11 is 0. The lowest BCUT2D eigenvalue weighted by molar-refractivity contribution is -0.181. The van der Waals surface area contributed by atoms with Crippen molar-refractivity contribution in [3.63, 3.8) is 0 Å². The number of primary amides is 1. The van der Waals surface area contributed by atoms with Gasteiger partial charge in [0.25, 0.3) is 0 Å². The van der Waals surface area contributed by atoms with Gasteiger partial charge in [0, 0.05) is 55.4 Å². The zero-order chi connectivity index (χ0) is 43.6. The van der Waals surface area contributed by atoms with E-state index in [2.05, 4.69) is 5.32 Å². The van der Waals surface area contributed by atoms with Crippen molar-refractivity contribution in [2.45, 2.75) is 50.8 Å². The third kappa shape index (κ3) is 7.09. The Morgan fingerprint density at radius 1 is 1.02 bits per heavy atom. The first kappa shape index (κ1) is 42.5. The summed E-state index contributed by atoms with van der Waals surface area (Å²) in [7, 11) is 8.10. The maximum atomic E-state index is 14.4. The van der Waals surface area contributed by atoms with Gasteiger partial charge in [0.15, 0.2) is 34.7 Å². The molecule has 1 heterocycles. The fraction of sp³-hybridized carbons (Fsp3) is 0.463. The van der Waals surface area contributed by atoms with Gasteiger partial charge in [-0.05, 0) is 71.3 Å². The second kappa shape index (κ2) is 15.2. The molecular weight excluding hydrogens is 768 g/mol. The highest BCUT2D eigenvalue weighted by molar-refractivity contribution is 6.32. The van der Waals surface area contributed by atoms with Crippen molar-refractivity contribution >= 4 is 69.3 Å². The molecule has 0 radical (unpaired) electrons. The van der Waals surface area contributed by atoms with Crippen LogP contribution in [0, 0.1) is 23.7 Å². The third-order valence-corrected chi connectivity index (χ3v) is 11.6. The lowest BCUT2D eigenvalue weighted by Crippen LogP contribution is -2.74. The minimum atomic E-state index is -2.90. The largest absolute Gasteiger partial charge is 0.505 e. The van der Waals surface area contributed by atoms with Gasteiger partial charge in [-0.15, -0.1) is 0 Å². The Labute approximate surface area is 339 Å². The number of para-hydroxylation sites is 1. The first-order valence-corrected chi connectivity index (χ1v) is 18.9. The number of carbonyl (C=O) groups is 8. The van der Waals surface area contributed by atoms with E-state index >= 15 is 0 Å². The number of anilines is 2. The fourth-order valence-electron chi connectivity index (χ4n) is 8.85. The van der Waals surface area contributed by atoms with Gasteiger partial charge in [0.1, 0.15) is 12.3 Å². The highest BCUT2D eigenvalue weighted by atomic mass is 16.7. The van der Waals surface area contributed by atoms with Crippen LogP contribution in [-0.2, 0) is 46.9 Å². The topological polar surface area (TPSA) is 248 Å². The van der Waals surface area contributed by atoms with Crippen molar-refractivity contribution in [1.82, 2.24) is 14.4 Å². The van der Waals surface area contributed by atoms with Crippen LogP contribution in [0.15, 0.2) is 36.5 Å². The number of fused-ring (bicyclic) bond motifs is 4. The molecule has 3 amide bonds. The number of esters is 1. The Hall–Kier alpha value is -6.14. The molecule has 2 saturated carbocycles.